The van der Waals surface area contributed by atoms with E-state index in [4.69, 9.17) is 5.21 Å². The van der Waals surface area contributed by atoms with Crippen molar-refractivity contribution in [3.05, 3.63) is 39.5 Å². The fourth-order valence-electron chi connectivity index (χ4n) is 1.16. The number of nitrogens with zero attached hydrogens (tertiary/aromatic N) is 1. The number of fused-ring (bicyclic) bond motifs is 1. The van der Waals surface area contributed by atoms with Gasteiger partial charge in [0.1, 0.15) is 5.39 Å². The predicted molar refractivity (Wildman–Crippen MR) is 49.6 cm³/mol. The maximum absolute atomic E-state index is 11.3. The lowest BCUT2D eigenvalue weighted by Crippen LogP contribution is -2.29. The molecule has 0 fully saturated rings. The average Bonchev–Trinajstić information content (AvgIpc) is 2.12. The van der Waals surface area contributed by atoms with Crippen LogP contribution in [-0.2, 0) is 0 Å². The Morgan fingerprint density at radius 1 is 1.46 bits per heavy atom. The summed E-state index contributed by atoms with van der Waals surface area (Å²) in [4.78, 5) is 13.8. The molecule has 5 heteroatoms. The Balaban J connectivity index is 3.01. The van der Waals surface area contributed by atoms with E-state index in [1.165, 1.54) is 12.4 Å². The minimum Gasteiger partial charge on any atom is -0.327 e. The van der Waals surface area contributed by atoms with Gasteiger partial charge in [-0.1, -0.05) is 0 Å². The summed E-state index contributed by atoms with van der Waals surface area (Å²) in [7, 11) is 0. The number of hydrogen-bond donors (Lipinski definition) is 2. The van der Waals surface area contributed by atoms with Crippen LogP contribution < -0.4 is 10.3 Å². The molecule has 0 aromatic carbocycles. The Hall–Kier alpha value is -1.36. The molecule has 0 saturated carbocycles. The molecule has 0 radical (unpaired) electrons. The molecule has 0 atom stereocenters. The van der Waals surface area contributed by atoms with Crippen molar-refractivity contribution in [3.63, 3.8) is 0 Å². The van der Waals surface area contributed by atoms with E-state index < -0.39 is 0 Å². The van der Waals surface area contributed by atoms with Gasteiger partial charge in [-0.15, -0.1) is 0 Å². The molecule has 2 aromatic rings. The van der Waals surface area contributed by atoms with E-state index in [2.05, 4.69) is 20.9 Å². The number of nitrogens with one attached hydrogen (secondary N) is 1. The van der Waals surface area contributed by atoms with Crippen LogP contribution >= 0.6 is 15.9 Å². The van der Waals surface area contributed by atoms with E-state index in [0.717, 1.165) is 14.6 Å². The Labute approximate surface area is 81.5 Å². The summed E-state index contributed by atoms with van der Waals surface area (Å²) in [6.45, 7) is 0. The van der Waals surface area contributed by atoms with Crippen molar-refractivity contribution in [2.45, 2.75) is 0 Å². The molecular weight excluding hydrogens is 236 g/mol. The molecule has 2 aromatic heterocycles. The van der Waals surface area contributed by atoms with Crippen LogP contribution in [0.4, 0.5) is 0 Å². The monoisotopic (exact) mass is 241 g/mol. The van der Waals surface area contributed by atoms with Crippen LogP contribution in [0, 0.1) is 0 Å². The summed E-state index contributed by atoms with van der Waals surface area (Å²) in [6.07, 6.45) is 4.40. The summed E-state index contributed by atoms with van der Waals surface area (Å²) in [5.74, 6) is 0. The van der Waals surface area contributed by atoms with Crippen LogP contribution in [0.5, 0.6) is 0 Å². The minimum atomic E-state index is -0.221. The normalized spacial score (nSPS) is 10.5. The zero-order valence-corrected chi connectivity index (χ0v) is 8.08. The predicted octanol–water partition coefficient (Wildman–Crippen LogP) is 0.815. The molecule has 0 aliphatic heterocycles. The van der Waals surface area contributed by atoms with Gasteiger partial charge in [-0.3, -0.25) is 10.0 Å². The van der Waals surface area contributed by atoms with E-state index >= 15 is 0 Å². The van der Waals surface area contributed by atoms with Crippen molar-refractivity contribution in [2.24, 2.45) is 0 Å². The third-order valence-electron chi connectivity index (χ3n) is 1.78. The van der Waals surface area contributed by atoms with Crippen LogP contribution in [0.1, 0.15) is 0 Å². The van der Waals surface area contributed by atoms with Crippen LogP contribution in [0.2, 0.25) is 0 Å². The molecular formula is C8H6BrN2O2+. The highest BCUT2D eigenvalue weighted by molar-refractivity contribution is 9.10. The fourth-order valence-corrected chi connectivity index (χ4v) is 1.62. The van der Waals surface area contributed by atoms with Crippen molar-refractivity contribution in [1.29, 1.82) is 0 Å². The van der Waals surface area contributed by atoms with Gasteiger partial charge in [0.15, 0.2) is 0 Å². The molecule has 13 heavy (non-hydrogen) atoms. The maximum atomic E-state index is 11.3. The quantitative estimate of drug-likeness (QED) is 0.530. The Bertz CT molecular complexity index is 521. The standard InChI is InChI=1S/C8H5BrN2O2/c9-7-3-10-8(12)6-4-11(13)2-1-5(6)7/h1-4,13H/p+1. The Morgan fingerprint density at radius 3 is 3.00 bits per heavy atom. The average molecular weight is 242 g/mol. The first kappa shape index (κ1) is 8.25. The lowest BCUT2D eigenvalue weighted by Gasteiger charge is -1.95. The Kier molecular flexibility index (Phi) is 1.81. The molecule has 0 spiro atoms. The molecule has 0 saturated heterocycles. The number of hydrogen-bond acceptors (Lipinski definition) is 2. The van der Waals surface area contributed by atoms with Crippen molar-refractivity contribution < 1.29 is 9.94 Å². The number of aromatic amines is 1. The first-order chi connectivity index (χ1) is 6.18. The molecule has 0 unspecified atom stereocenters. The SMILES string of the molecule is O=c1[nH]cc(Br)c2cc[n+](O)cc12. The highest BCUT2D eigenvalue weighted by atomic mass is 79.9. The molecule has 0 aliphatic carbocycles. The second-order valence-electron chi connectivity index (χ2n) is 2.62. The lowest BCUT2D eigenvalue weighted by atomic mass is 10.2. The molecule has 66 valence electrons. The molecule has 2 rings (SSSR count). The lowest BCUT2D eigenvalue weighted by molar-refractivity contribution is -0.904. The van der Waals surface area contributed by atoms with E-state index in [9.17, 15) is 4.79 Å². The molecule has 0 amide bonds. The third kappa shape index (κ3) is 1.31. The topological polar surface area (TPSA) is 57.0 Å². The fraction of sp³-hybridized carbons (Fsp3) is 0. The zero-order chi connectivity index (χ0) is 9.42. The van der Waals surface area contributed by atoms with Crippen LogP contribution in [0.25, 0.3) is 10.8 Å². The van der Waals surface area contributed by atoms with Crippen molar-refractivity contribution in [1.82, 2.24) is 4.98 Å². The van der Waals surface area contributed by atoms with Crippen LogP contribution in [-0.4, -0.2) is 10.2 Å². The number of rotatable bonds is 0. The summed E-state index contributed by atoms with van der Waals surface area (Å²) >= 11 is 3.29. The number of halogens is 1. The van der Waals surface area contributed by atoms with Gasteiger partial charge in [-0.05, 0) is 15.9 Å². The summed E-state index contributed by atoms with van der Waals surface area (Å²) in [5.41, 5.74) is -0.221. The smallest absolute Gasteiger partial charge is 0.262 e. The van der Waals surface area contributed by atoms with Crippen LogP contribution in [0.3, 0.4) is 0 Å². The van der Waals surface area contributed by atoms with Gasteiger partial charge in [0.05, 0.1) is 0 Å². The third-order valence-corrected chi connectivity index (χ3v) is 2.43. The van der Waals surface area contributed by atoms with Gasteiger partial charge in [-0.2, -0.15) is 0 Å². The van der Waals surface area contributed by atoms with Gasteiger partial charge in [0.2, 0.25) is 12.4 Å². The van der Waals surface area contributed by atoms with Gasteiger partial charge in [-0.25, -0.2) is 0 Å². The Morgan fingerprint density at radius 2 is 2.23 bits per heavy atom. The minimum absolute atomic E-state index is 0.221. The highest BCUT2D eigenvalue weighted by Gasteiger charge is 2.07. The van der Waals surface area contributed by atoms with Crippen molar-refractivity contribution in [2.75, 3.05) is 0 Å². The van der Waals surface area contributed by atoms with Crippen LogP contribution in [0.15, 0.2) is 33.9 Å². The summed E-state index contributed by atoms with van der Waals surface area (Å²) in [6, 6.07) is 1.66. The number of pyridine rings is 2. The van der Waals surface area contributed by atoms with Crippen molar-refractivity contribution >= 4 is 26.7 Å². The zero-order valence-electron chi connectivity index (χ0n) is 6.49. The first-order valence-corrected chi connectivity index (χ1v) is 4.39. The van der Waals surface area contributed by atoms with Gasteiger partial charge < -0.3 is 4.98 Å². The summed E-state index contributed by atoms with van der Waals surface area (Å²) < 4.78 is 1.65. The molecule has 4 nitrogen and oxygen atoms in total. The second kappa shape index (κ2) is 2.85. The molecule has 0 aliphatic rings. The van der Waals surface area contributed by atoms with Crippen molar-refractivity contribution in [3.8, 4) is 0 Å². The highest BCUT2D eigenvalue weighted by Crippen LogP contribution is 2.17. The maximum Gasteiger partial charge on any atom is 0.262 e. The first-order valence-electron chi connectivity index (χ1n) is 3.60. The van der Waals surface area contributed by atoms with Gasteiger partial charge >= 0.3 is 0 Å². The van der Waals surface area contributed by atoms with Gasteiger partial charge in [0.25, 0.3) is 5.56 Å². The number of H-pyrrole nitrogens is 1. The number of aromatic nitrogens is 2. The largest absolute Gasteiger partial charge is 0.327 e. The van der Waals surface area contributed by atoms with E-state index in [-0.39, 0.29) is 5.56 Å². The molecule has 2 N–H and O–H groups in total. The molecule has 2 heterocycles. The summed E-state index contributed by atoms with van der Waals surface area (Å²) in [5, 5.41) is 10.3. The second-order valence-corrected chi connectivity index (χ2v) is 3.47. The van der Waals surface area contributed by atoms with E-state index in [1.807, 2.05) is 0 Å². The van der Waals surface area contributed by atoms with E-state index in [1.54, 1.807) is 12.3 Å². The molecule has 0 bridgehead atoms. The van der Waals surface area contributed by atoms with Gasteiger partial charge in [0, 0.05) is 26.9 Å². The van der Waals surface area contributed by atoms with E-state index in [0.29, 0.717) is 5.39 Å².